The van der Waals surface area contributed by atoms with E-state index in [2.05, 4.69) is 109 Å². The van der Waals surface area contributed by atoms with Crippen LogP contribution in [0.5, 0.6) is 0 Å². The molecule has 6 aromatic carbocycles. The van der Waals surface area contributed by atoms with Crippen LogP contribution >= 0.6 is 17.0 Å². The summed E-state index contributed by atoms with van der Waals surface area (Å²) >= 11 is -1.76. The van der Waals surface area contributed by atoms with Crippen LogP contribution in [0.3, 0.4) is 0 Å². The fourth-order valence-corrected chi connectivity index (χ4v) is 3.81. The Labute approximate surface area is 197 Å². The zero-order valence-corrected chi connectivity index (χ0v) is 21.2. The molecule has 0 N–H and O–H groups in total. The molecule has 0 radical (unpaired) electrons. The van der Waals surface area contributed by atoms with E-state index in [0.717, 1.165) is 0 Å². The molecule has 0 amide bonds. The van der Waals surface area contributed by atoms with Crippen molar-refractivity contribution in [3.63, 3.8) is 0 Å². The van der Waals surface area contributed by atoms with Crippen molar-refractivity contribution in [1.29, 1.82) is 0 Å². The summed E-state index contributed by atoms with van der Waals surface area (Å²) in [6.45, 7) is 1.90. The first-order valence-electron chi connectivity index (χ1n) is 10.2. The Hall–Kier alpha value is -2.05. The van der Waals surface area contributed by atoms with Crippen LogP contribution in [0.4, 0.5) is 0 Å². The van der Waals surface area contributed by atoms with Gasteiger partial charge in [-0.1, -0.05) is 72.8 Å². The Kier molecular flexibility index (Phi) is 7.51. The number of halogens is 2. The molecular formula is C28H22Cl2Zr-2. The monoisotopic (exact) mass is 518 g/mol. The summed E-state index contributed by atoms with van der Waals surface area (Å²) in [5, 5.41) is 10.8. The molecule has 0 aliphatic rings. The van der Waals surface area contributed by atoms with Gasteiger partial charge in [-0.3, -0.25) is 0 Å². The van der Waals surface area contributed by atoms with Gasteiger partial charge in [0.2, 0.25) is 0 Å². The molecule has 31 heavy (non-hydrogen) atoms. The van der Waals surface area contributed by atoms with Gasteiger partial charge >= 0.3 is 46.5 Å². The van der Waals surface area contributed by atoms with Gasteiger partial charge in [0, 0.05) is 0 Å². The summed E-state index contributed by atoms with van der Waals surface area (Å²) in [6.07, 6.45) is 0. The molecule has 0 spiro atoms. The minimum Gasteiger partial charge on any atom is -0.126 e. The Bertz CT molecular complexity index is 1260. The molecule has 0 atom stereocenters. The number of hydrogen-bond donors (Lipinski definition) is 0. The summed E-state index contributed by atoms with van der Waals surface area (Å²) < 4.78 is 1.89. The molecule has 3 heteroatoms. The summed E-state index contributed by atoms with van der Waals surface area (Å²) in [4.78, 5) is 0. The fourth-order valence-electron chi connectivity index (χ4n) is 3.81. The molecule has 0 unspecified atom stereocenters. The second-order valence-corrected chi connectivity index (χ2v) is 16.0. The molecule has 0 aromatic heterocycles. The zero-order chi connectivity index (χ0) is 21.6. The molecule has 0 aliphatic heterocycles. The Morgan fingerprint density at radius 1 is 0.516 bits per heavy atom. The van der Waals surface area contributed by atoms with Crippen LogP contribution in [0.15, 0.2) is 109 Å². The third-order valence-corrected chi connectivity index (χ3v) is 8.92. The van der Waals surface area contributed by atoms with Crippen LogP contribution in [0, 0.1) is 0 Å². The van der Waals surface area contributed by atoms with Gasteiger partial charge in [0.05, 0.1) is 0 Å². The van der Waals surface area contributed by atoms with Crippen molar-refractivity contribution >= 4 is 63.8 Å². The maximum absolute atomic E-state index is 5.37. The number of benzene rings is 4. The molecule has 6 aromatic rings. The normalized spacial score (nSPS) is 10.4. The summed E-state index contributed by atoms with van der Waals surface area (Å²) in [6, 6.07) is 38.5. The van der Waals surface area contributed by atoms with Crippen LogP contribution in [-0.4, -0.2) is 3.71 Å². The van der Waals surface area contributed by atoms with Crippen LogP contribution in [-0.2, 0) is 18.9 Å². The Morgan fingerprint density at radius 3 is 0.968 bits per heavy atom. The first-order chi connectivity index (χ1) is 15.2. The van der Waals surface area contributed by atoms with E-state index in [-0.39, 0.29) is 0 Å². The summed E-state index contributed by atoms with van der Waals surface area (Å²) in [5.41, 5.74) is 0. The van der Waals surface area contributed by atoms with Crippen molar-refractivity contribution in [2.75, 3.05) is 0 Å². The van der Waals surface area contributed by atoms with E-state index >= 15 is 0 Å². The average Bonchev–Trinajstić information content (AvgIpc) is 3.38. The molecule has 0 saturated carbocycles. The van der Waals surface area contributed by atoms with Gasteiger partial charge in [0.15, 0.2) is 0 Å². The van der Waals surface area contributed by atoms with E-state index in [1.54, 1.807) is 0 Å². The minimum atomic E-state index is -1.76. The van der Waals surface area contributed by atoms with E-state index in [9.17, 15) is 0 Å². The fraction of sp³-hybridized carbons (Fsp3) is 0.0357. The molecule has 0 fully saturated rings. The zero-order valence-electron chi connectivity index (χ0n) is 17.2. The van der Waals surface area contributed by atoms with Crippen molar-refractivity contribution in [1.82, 2.24) is 0 Å². The van der Waals surface area contributed by atoms with Gasteiger partial charge in [0.1, 0.15) is 0 Å². The van der Waals surface area contributed by atoms with E-state index in [1.807, 2.05) is 10.6 Å². The summed E-state index contributed by atoms with van der Waals surface area (Å²) in [7, 11) is 10.7. The molecule has 0 bridgehead atoms. The molecule has 0 heterocycles. The van der Waals surface area contributed by atoms with Crippen molar-refractivity contribution in [2.45, 2.75) is 6.92 Å². The van der Waals surface area contributed by atoms with Crippen molar-refractivity contribution in [3.05, 3.63) is 109 Å². The van der Waals surface area contributed by atoms with E-state index in [1.165, 1.54) is 43.1 Å². The van der Waals surface area contributed by atoms with Crippen molar-refractivity contribution < 1.29 is 18.9 Å². The van der Waals surface area contributed by atoms with E-state index in [4.69, 9.17) is 17.0 Å². The maximum atomic E-state index is 5.37. The molecule has 0 aliphatic carbocycles. The van der Waals surface area contributed by atoms with Gasteiger partial charge in [-0.05, 0) is 0 Å². The topological polar surface area (TPSA) is 0 Å². The Morgan fingerprint density at radius 2 is 0.742 bits per heavy atom. The second kappa shape index (κ2) is 10.5. The van der Waals surface area contributed by atoms with Crippen LogP contribution < -0.4 is 0 Å². The molecule has 0 saturated heterocycles. The Balaban J connectivity index is 0.000000124. The smallest absolute Gasteiger partial charge is 0.0771 e. The third kappa shape index (κ3) is 5.24. The average molecular weight is 521 g/mol. The largest absolute Gasteiger partial charge is 0.126 e. The predicted octanol–water partition coefficient (Wildman–Crippen LogP) is 9.16. The van der Waals surface area contributed by atoms with Gasteiger partial charge < -0.3 is 0 Å². The van der Waals surface area contributed by atoms with E-state index in [0.29, 0.717) is 0 Å². The first kappa shape index (κ1) is 22.2. The van der Waals surface area contributed by atoms with Crippen molar-refractivity contribution in [2.24, 2.45) is 0 Å². The molecule has 154 valence electrons. The second-order valence-electron chi connectivity index (χ2n) is 7.22. The number of rotatable bonds is 0. The standard InChI is InChI=1S/2C13H9.C2H4.2ClH.Zr/c2*1-3-7-12-10(5-1)9-11-6-2-4-8-13(11)12;1-2;;;/h2*1-9H;1H,2H3;2*1H;/q2*-1;;;;+2/p-2. The molecule has 0 nitrogen and oxygen atoms in total. The number of hydrogen-bond acceptors (Lipinski definition) is 0. The summed E-state index contributed by atoms with van der Waals surface area (Å²) in [5.74, 6) is 0. The number of fused-ring (bicyclic) bond motifs is 6. The first-order valence-corrected chi connectivity index (χ1v) is 18.0. The quantitative estimate of drug-likeness (QED) is 0.175. The van der Waals surface area contributed by atoms with Crippen LogP contribution in [0.2, 0.25) is 0 Å². The molecular weight excluding hydrogens is 498 g/mol. The SMILES string of the molecule is C[CH]=[Zr]([Cl])[Cl].c1ccc2c(c1)[cH-]c1ccccc12.c1ccc2c(c1)[cH-]c1ccccc12. The molecule has 6 rings (SSSR count). The van der Waals surface area contributed by atoms with E-state index < -0.39 is 18.9 Å². The van der Waals surface area contributed by atoms with Crippen molar-refractivity contribution in [3.8, 4) is 0 Å². The van der Waals surface area contributed by atoms with Crippen LogP contribution in [0.25, 0.3) is 43.1 Å². The van der Waals surface area contributed by atoms with Gasteiger partial charge in [-0.25, -0.2) is 0 Å². The third-order valence-electron chi connectivity index (χ3n) is 5.26. The predicted molar refractivity (Wildman–Crippen MR) is 138 cm³/mol. The van der Waals surface area contributed by atoms with Gasteiger partial charge in [0.25, 0.3) is 0 Å². The van der Waals surface area contributed by atoms with Crippen LogP contribution in [0.1, 0.15) is 6.92 Å². The van der Waals surface area contributed by atoms with Gasteiger partial charge in [-0.15, -0.1) is 79.5 Å². The maximum Gasteiger partial charge on any atom is -0.0771 e. The minimum absolute atomic E-state index is 1.34. The van der Waals surface area contributed by atoms with Gasteiger partial charge in [-0.2, -0.15) is 0 Å².